The number of amides is 1. The lowest BCUT2D eigenvalue weighted by Gasteiger charge is -2.03. The molecule has 76 valence electrons. The first-order valence-corrected chi connectivity index (χ1v) is 4.57. The van der Waals surface area contributed by atoms with Crippen LogP contribution in [0.25, 0.3) is 0 Å². The van der Waals surface area contributed by atoms with E-state index in [1.54, 1.807) is 11.4 Å². The molecule has 1 aromatic heterocycles. The lowest BCUT2D eigenvalue weighted by Crippen LogP contribution is -2.13. The lowest BCUT2D eigenvalue weighted by atomic mass is 10.4. The van der Waals surface area contributed by atoms with Gasteiger partial charge in [0, 0.05) is 0 Å². The van der Waals surface area contributed by atoms with Gasteiger partial charge in [-0.05, 0) is 11.4 Å². The number of esters is 1. The van der Waals surface area contributed by atoms with E-state index >= 15 is 0 Å². The Labute approximate surface area is 84.6 Å². The third-order valence-electron chi connectivity index (χ3n) is 1.46. The minimum Gasteiger partial charge on any atom is -0.465 e. The van der Waals surface area contributed by atoms with Crippen LogP contribution >= 0.6 is 11.3 Å². The van der Waals surface area contributed by atoms with Crippen molar-refractivity contribution in [3.05, 3.63) is 16.3 Å². The van der Waals surface area contributed by atoms with E-state index in [-0.39, 0.29) is 0 Å². The smallest absolute Gasteiger partial charge is 0.411 e. The van der Waals surface area contributed by atoms with Crippen molar-refractivity contribution in [2.24, 2.45) is 0 Å². The Morgan fingerprint density at radius 3 is 2.64 bits per heavy atom. The number of anilines is 1. The molecule has 1 amide bonds. The van der Waals surface area contributed by atoms with Crippen molar-refractivity contribution in [2.45, 2.75) is 0 Å². The summed E-state index contributed by atoms with van der Waals surface area (Å²) >= 11 is 1.19. The molecule has 1 aromatic rings. The standard InChI is InChI=1S/C8H9NO4S/c1-12-7(10)6-5(3-4-14-6)9-8(11)13-2/h3-4H,1-2H3,(H,9,11). The van der Waals surface area contributed by atoms with Crippen molar-refractivity contribution < 1.29 is 19.1 Å². The first-order valence-electron chi connectivity index (χ1n) is 3.69. The van der Waals surface area contributed by atoms with E-state index in [1.807, 2.05) is 0 Å². The maximum atomic E-state index is 11.2. The van der Waals surface area contributed by atoms with Gasteiger partial charge in [0.2, 0.25) is 0 Å². The fourth-order valence-corrected chi connectivity index (χ4v) is 1.59. The van der Waals surface area contributed by atoms with Crippen LogP contribution < -0.4 is 5.32 Å². The molecule has 1 rings (SSSR count). The number of carbonyl (C=O) groups is 2. The first-order chi connectivity index (χ1) is 6.69. The second-order valence-electron chi connectivity index (χ2n) is 2.27. The minimum atomic E-state index is -0.617. The summed E-state index contributed by atoms with van der Waals surface area (Å²) in [4.78, 5) is 22.4. The number of carbonyl (C=O) groups excluding carboxylic acids is 2. The van der Waals surface area contributed by atoms with Crippen LogP contribution in [0.1, 0.15) is 9.67 Å². The van der Waals surface area contributed by atoms with E-state index in [4.69, 9.17) is 0 Å². The number of nitrogens with one attached hydrogen (secondary N) is 1. The van der Waals surface area contributed by atoms with Crippen LogP contribution in [0.3, 0.4) is 0 Å². The van der Waals surface area contributed by atoms with Gasteiger partial charge in [-0.1, -0.05) is 0 Å². The molecule has 14 heavy (non-hydrogen) atoms. The van der Waals surface area contributed by atoms with E-state index in [0.29, 0.717) is 10.6 Å². The van der Waals surface area contributed by atoms with Gasteiger partial charge in [-0.3, -0.25) is 5.32 Å². The molecule has 0 atom stereocenters. The summed E-state index contributed by atoms with van der Waals surface area (Å²) in [5.74, 6) is -0.480. The summed E-state index contributed by atoms with van der Waals surface area (Å²) in [7, 11) is 2.53. The van der Waals surface area contributed by atoms with Crippen LogP contribution in [0.2, 0.25) is 0 Å². The van der Waals surface area contributed by atoms with Gasteiger partial charge in [0.05, 0.1) is 19.9 Å². The van der Waals surface area contributed by atoms with Crippen molar-refractivity contribution in [1.29, 1.82) is 0 Å². The van der Waals surface area contributed by atoms with Crippen molar-refractivity contribution in [3.8, 4) is 0 Å². The highest BCUT2D eigenvalue weighted by atomic mass is 32.1. The van der Waals surface area contributed by atoms with Gasteiger partial charge in [-0.2, -0.15) is 0 Å². The van der Waals surface area contributed by atoms with E-state index in [0.717, 1.165) is 0 Å². The summed E-state index contributed by atoms with van der Waals surface area (Å²) < 4.78 is 8.92. The summed E-state index contributed by atoms with van der Waals surface area (Å²) in [6.45, 7) is 0. The second kappa shape index (κ2) is 4.61. The molecule has 0 saturated carbocycles. The van der Waals surface area contributed by atoms with Gasteiger partial charge in [-0.15, -0.1) is 11.3 Å². The van der Waals surface area contributed by atoms with Gasteiger partial charge in [0.1, 0.15) is 4.88 Å². The molecule has 1 N–H and O–H groups in total. The van der Waals surface area contributed by atoms with Gasteiger partial charge in [0.25, 0.3) is 0 Å². The van der Waals surface area contributed by atoms with E-state index < -0.39 is 12.1 Å². The fraction of sp³-hybridized carbons (Fsp3) is 0.250. The molecule has 0 bridgehead atoms. The summed E-state index contributed by atoms with van der Waals surface area (Å²) in [6.07, 6.45) is -0.617. The molecule has 0 aromatic carbocycles. The Bertz CT molecular complexity index is 347. The molecule has 0 fully saturated rings. The minimum absolute atomic E-state index is 0.345. The summed E-state index contributed by atoms with van der Waals surface area (Å²) in [5, 5.41) is 4.08. The zero-order valence-electron chi connectivity index (χ0n) is 7.70. The Morgan fingerprint density at radius 2 is 2.07 bits per heavy atom. The Balaban J connectivity index is 2.82. The largest absolute Gasteiger partial charge is 0.465 e. The van der Waals surface area contributed by atoms with Crippen molar-refractivity contribution >= 4 is 29.1 Å². The van der Waals surface area contributed by atoms with Crippen LogP contribution in [-0.2, 0) is 9.47 Å². The number of ether oxygens (including phenoxy) is 2. The molecule has 0 unspecified atom stereocenters. The van der Waals surface area contributed by atoms with Crippen molar-refractivity contribution in [1.82, 2.24) is 0 Å². The number of methoxy groups -OCH3 is 2. The van der Waals surface area contributed by atoms with Gasteiger partial charge >= 0.3 is 12.1 Å². The van der Waals surface area contributed by atoms with Gasteiger partial charge < -0.3 is 9.47 Å². The SMILES string of the molecule is COC(=O)Nc1ccsc1C(=O)OC. The Kier molecular flexibility index (Phi) is 3.47. The fourth-order valence-electron chi connectivity index (χ4n) is 0.819. The number of hydrogen-bond acceptors (Lipinski definition) is 5. The maximum Gasteiger partial charge on any atom is 0.411 e. The van der Waals surface area contributed by atoms with E-state index in [2.05, 4.69) is 14.8 Å². The van der Waals surface area contributed by atoms with E-state index in [9.17, 15) is 9.59 Å². The number of thiophene rings is 1. The highest BCUT2D eigenvalue weighted by Gasteiger charge is 2.15. The van der Waals surface area contributed by atoms with E-state index in [1.165, 1.54) is 25.6 Å². The number of rotatable bonds is 2. The molecule has 1 heterocycles. The predicted octanol–water partition coefficient (Wildman–Crippen LogP) is 1.71. The van der Waals surface area contributed by atoms with Crippen molar-refractivity contribution in [3.63, 3.8) is 0 Å². The number of hydrogen-bond donors (Lipinski definition) is 1. The highest BCUT2D eigenvalue weighted by Crippen LogP contribution is 2.22. The Morgan fingerprint density at radius 1 is 1.36 bits per heavy atom. The third kappa shape index (κ3) is 2.23. The topological polar surface area (TPSA) is 64.6 Å². The zero-order valence-corrected chi connectivity index (χ0v) is 8.51. The van der Waals surface area contributed by atoms with Gasteiger partial charge in [-0.25, -0.2) is 9.59 Å². The van der Waals surface area contributed by atoms with Crippen LogP contribution in [0.15, 0.2) is 11.4 Å². The molecule has 0 aliphatic heterocycles. The van der Waals surface area contributed by atoms with Gasteiger partial charge in [0.15, 0.2) is 0 Å². The highest BCUT2D eigenvalue weighted by molar-refractivity contribution is 7.12. The Hall–Kier alpha value is -1.56. The van der Waals surface area contributed by atoms with Crippen LogP contribution in [0.4, 0.5) is 10.5 Å². The third-order valence-corrected chi connectivity index (χ3v) is 2.35. The molecular formula is C8H9NO4S. The zero-order chi connectivity index (χ0) is 10.6. The normalized spacial score (nSPS) is 9.29. The molecular weight excluding hydrogens is 206 g/mol. The summed E-state index contributed by atoms with van der Waals surface area (Å²) in [6, 6.07) is 1.60. The molecule has 5 nitrogen and oxygen atoms in total. The molecule has 0 aliphatic rings. The monoisotopic (exact) mass is 215 g/mol. The molecule has 0 spiro atoms. The van der Waals surface area contributed by atoms with Crippen LogP contribution in [0.5, 0.6) is 0 Å². The lowest BCUT2D eigenvalue weighted by molar-refractivity contribution is 0.0607. The summed E-state index contributed by atoms with van der Waals surface area (Å²) in [5.41, 5.74) is 0.397. The maximum absolute atomic E-state index is 11.2. The molecule has 6 heteroatoms. The second-order valence-corrected chi connectivity index (χ2v) is 3.19. The average molecular weight is 215 g/mol. The predicted molar refractivity (Wildman–Crippen MR) is 51.7 cm³/mol. The quantitative estimate of drug-likeness (QED) is 0.763. The van der Waals surface area contributed by atoms with Crippen molar-refractivity contribution in [2.75, 3.05) is 19.5 Å². The molecule has 0 aliphatic carbocycles. The first kappa shape index (κ1) is 10.5. The molecule has 0 saturated heterocycles. The average Bonchev–Trinajstić information content (AvgIpc) is 2.64. The van der Waals surface area contributed by atoms with Crippen LogP contribution in [0, 0.1) is 0 Å². The molecule has 0 radical (unpaired) electrons. The van der Waals surface area contributed by atoms with Crippen LogP contribution in [-0.4, -0.2) is 26.3 Å².